The molecule has 2 heterocycles. The van der Waals surface area contributed by atoms with Crippen molar-refractivity contribution in [1.82, 2.24) is 14.5 Å². The van der Waals surface area contributed by atoms with Crippen LogP contribution in [0.15, 0.2) is 61.1 Å². The van der Waals surface area contributed by atoms with Gasteiger partial charge in [0.15, 0.2) is 0 Å². The minimum absolute atomic E-state index is 0.0580. The molecule has 140 valence electrons. The zero-order valence-electron chi connectivity index (χ0n) is 15.4. The van der Waals surface area contributed by atoms with E-state index in [-0.39, 0.29) is 6.04 Å². The SMILES string of the molecule is CC(Nc1nccc(N(C)CCOC=O)n1)c1ccc(-n2cccc2)cc1. The number of ether oxygens (including phenoxy) is 1. The van der Waals surface area contributed by atoms with Crippen molar-refractivity contribution in [3.05, 3.63) is 66.6 Å². The Hall–Kier alpha value is -3.35. The first-order valence-electron chi connectivity index (χ1n) is 8.76. The van der Waals surface area contributed by atoms with Gasteiger partial charge in [-0.1, -0.05) is 12.1 Å². The van der Waals surface area contributed by atoms with Crippen molar-refractivity contribution in [2.24, 2.45) is 0 Å². The van der Waals surface area contributed by atoms with E-state index in [1.165, 1.54) is 0 Å². The van der Waals surface area contributed by atoms with Crippen LogP contribution in [-0.4, -0.2) is 41.2 Å². The molecule has 0 aliphatic rings. The third-order valence-electron chi connectivity index (χ3n) is 4.29. The van der Waals surface area contributed by atoms with Gasteiger partial charge in [-0.05, 0) is 42.8 Å². The van der Waals surface area contributed by atoms with Gasteiger partial charge >= 0.3 is 0 Å². The molecule has 0 amide bonds. The summed E-state index contributed by atoms with van der Waals surface area (Å²) in [4.78, 5) is 21.0. The maximum absolute atomic E-state index is 10.2. The highest BCUT2D eigenvalue weighted by molar-refractivity contribution is 5.44. The van der Waals surface area contributed by atoms with E-state index in [4.69, 9.17) is 4.74 Å². The molecule has 0 fully saturated rings. The average Bonchev–Trinajstić information content (AvgIpc) is 3.23. The maximum Gasteiger partial charge on any atom is 0.293 e. The minimum Gasteiger partial charge on any atom is -0.466 e. The van der Waals surface area contributed by atoms with Crippen LogP contribution in [0.2, 0.25) is 0 Å². The fourth-order valence-electron chi connectivity index (χ4n) is 2.70. The summed E-state index contributed by atoms with van der Waals surface area (Å²) < 4.78 is 6.80. The summed E-state index contributed by atoms with van der Waals surface area (Å²) in [7, 11) is 1.89. The number of carbonyl (C=O) groups is 1. The van der Waals surface area contributed by atoms with E-state index < -0.39 is 0 Å². The molecule has 7 heteroatoms. The molecule has 2 aromatic heterocycles. The van der Waals surface area contributed by atoms with Crippen LogP contribution < -0.4 is 10.2 Å². The highest BCUT2D eigenvalue weighted by Gasteiger charge is 2.09. The van der Waals surface area contributed by atoms with Crippen molar-refractivity contribution >= 4 is 18.2 Å². The van der Waals surface area contributed by atoms with Crippen LogP contribution in [0.1, 0.15) is 18.5 Å². The van der Waals surface area contributed by atoms with E-state index in [2.05, 4.69) is 51.0 Å². The quantitative estimate of drug-likeness (QED) is 0.464. The monoisotopic (exact) mass is 365 g/mol. The van der Waals surface area contributed by atoms with Crippen molar-refractivity contribution in [1.29, 1.82) is 0 Å². The number of hydrogen-bond acceptors (Lipinski definition) is 6. The lowest BCUT2D eigenvalue weighted by atomic mass is 10.1. The summed E-state index contributed by atoms with van der Waals surface area (Å²) in [5.74, 6) is 1.31. The highest BCUT2D eigenvalue weighted by Crippen LogP contribution is 2.20. The molecule has 0 aliphatic carbocycles. The molecule has 1 N–H and O–H groups in total. The number of nitrogens with one attached hydrogen (secondary N) is 1. The standard InChI is InChI=1S/C20H23N5O2/c1-16(17-5-7-18(8-6-17)25-11-3-4-12-25)22-20-21-10-9-19(23-20)24(2)13-14-27-15-26/h3-12,15-16H,13-14H2,1-2H3,(H,21,22,23). The number of benzene rings is 1. The van der Waals surface area contributed by atoms with Crippen LogP contribution in [0.4, 0.5) is 11.8 Å². The Morgan fingerprint density at radius 1 is 1.22 bits per heavy atom. The number of nitrogens with zero attached hydrogens (tertiary/aromatic N) is 4. The lowest BCUT2D eigenvalue weighted by molar-refractivity contribution is -0.128. The van der Waals surface area contributed by atoms with Gasteiger partial charge in [-0.2, -0.15) is 4.98 Å². The van der Waals surface area contributed by atoms with Gasteiger partial charge in [0.05, 0.1) is 12.6 Å². The Bertz CT molecular complexity index is 849. The topological polar surface area (TPSA) is 72.3 Å². The van der Waals surface area contributed by atoms with E-state index in [0.29, 0.717) is 25.6 Å². The van der Waals surface area contributed by atoms with Crippen LogP contribution in [0, 0.1) is 0 Å². The average molecular weight is 365 g/mol. The Kier molecular flexibility index (Phi) is 6.04. The fraction of sp³-hybridized carbons (Fsp3) is 0.250. The predicted octanol–water partition coefficient (Wildman–Crippen LogP) is 3.05. The summed E-state index contributed by atoms with van der Waals surface area (Å²) in [6, 6.07) is 14.3. The maximum atomic E-state index is 10.2. The van der Waals surface area contributed by atoms with Crippen molar-refractivity contribution in [2.45, 2.75) is 13.0 Å². The van der Waals surface area contributed by atoms with E-state index in [0.717, 1.165) is 17.1 Å². The third kappa shape index (κ3) is 4.84. The second-order valence-corrected chi connectivity index (χ2v) is 6.17. The molecular formula is C20H23N5O2. The normalized spacial score (nSPS) is 11.6. The summed E-state index contributed by atoms with van der Waals surface area (Å²) in [6.07, 6.45) is 5.75. The highest BCUT2D eigenvalue weighted by atomic mass is 16.5. The molecule has 0 saturated heterocycles. The van der Waals surface area contributed by atoms with Crippen LogP contribution in [-0.2, 0) is 9.53 Å². The van der Waals surface area contributed by atoms with Crippen LogP contribution in [0.5, 0.6) is 0 Å². The first-order valence-corrected chi connectivity index (χ1v) is 8.76. The Balaban J connectivity index is 1.64. The summed E-state index contributed by atoms with van der Waals surface area (Å²) in [5, 5.41) is 3.33. The second-order valence-electron chi connectivity index (χ2n) is 6.17. The lowest BCUT2D eigenvalue weighted by Gasteiger charge is -2.19. The molecule has 0 radical (unpaired) electrons. The second kappa shape index (κ2) is 8.84. The number of carbonyl (C=O) groups excluding carboxylic acids is 1. The largest absolute Gasteiger partial charge is 0.466 e. The molecule has 0 bridgehead atoms. The van der Waals surface area contributed by atoms with Gasteiger partial charge in [0.1, 0.15) is 12.4 Å². The van der Waals surface area contributed by atoms with Crippen molar-refractivity contribution < 1.29 is 9.53 Å². The number of hydrogen-bond donors (Lipinski definition) is 1. The number of aromatic nitrogens is 3. The summed E-state index contributed by atoms with van der Waals surface area (Å²) in [6.45, 7) is 3.40. The molecular weight excluding hydrogens is 342 g/mol. The van der Waals surface area contributed by atoms with Crippen LogP contribution in [0.3, 0.4) is 0 Å². The molecule has 0 spiro atoms. The zero-order valence-corrected chi connectivity index (χ0v) is 15.4. The molecule has 1 unspecified atom stereocenters. The van der Waals surface area contributed by atoms with Crippen molar-refractivity contribution in [2.75, 3.05) is 30.4 Å². The van der Waals surface area contributed by atoms with Gasteiger partial charge in [-0.25, -0.2) is 4.98 Å². The molecule has 3 aromatic rings. The molecule has 27 heavy (non-hydrogen) atoms. The van der Waals surface area contributed by atoms with E-state index in [1.54, 1.807) is 6.20 Å². The van der Waals surface area contributed by atoms with Crippen LogP contribution >= 0.6 is 0 Å². The predicted molar refractivity (Wildman–Crippen MR) is 105 cm³/mol. The van der Waals surface area contributed by atoms with Gasteiger partial charge in [0.2, 0.25) is 5.95 Å². The van der Waals surface area contributed by atoms with Gasteiger partial charge in [0, 0.05) is 31.3 Å². The number of likely N-dealkylation sites (N-methyl/N-ethyl adjacent to an activating group) is 1. The third-order valence-corrected chi connectivity index (χ3v) is 4.29. The van der Waals surface area contributed by atoms with Gasteiger partial charge in [0.25, 0.3) is 6.47 Å². The Morgan fingerprint density at radius 3 is 2.67 bits per heavy atom. The van der Waals surface area contributed by atoms with E-state index in [9.17, 15) is 4.79 Å². The molecule has 0 saturated carbocycles. The summed E-state index contributed by atoms with van der Waals surface area (Å²) in [5.41, 5.74) is 2.26. The first-order chi connectivity index (χ1) is 13.2. The summed E-state index contributed by atoms with van der Waals surface area (Å²) >= 11 is 0. The Labute approximate surface area is 158 Å². The van der Waals surface area contributed by atoms with Gasteiger partial charge in [-0.15, -0.1) is 0 Å². The zero-order chi connectivity index (χ0) is 19.1. The Morgan fingerprint density at radius 2 is 1.96 bits per heavy atom. The van der Waals surface area contributed by atoms with Gasteiger partial charge < -0.3 is 19.5 Å². The van der Waals surface area contributed by atoms with Crippen molar-refractivity contribution in [3.63, 3.8) is 0 Å². The lowest BCUT2D eigenvalue weighted by Crippen LogP contribution is -2.24. The van der Waals surface area contributed by atoms with Crippen molar-refractivity contribution in [3.8, 4) is 5.69 Å². The molecule has 0 aliphatic heterocycles. The van der Waals surface area contributed by atoms with E-state index >= 15 is 0 Å². The van der Waals surface area contributed by atoms with Crippen LogP contribution in [0.25, 0.3) is 5.69 Å². The molecule has 7 nitrogen and oxygen atoms in total. The van der Waals surface area contributed by atoms with Gasteiger partial charge in [-0.3, -0.25) is 4.79 Å². The molecule has 1 aromatic carbocycles. The minimum atomic E-state index is 0.0580. The first kappa shape index (κ1) is 18.4. The fourth-order valence-corrected chi connectivity index (χ4v) is 2.70. The smallest absolute Gasteiger partial charge is 0.293 e. The van der Waals surface area contributed by atoms with E-state index in [1.807, 2.05) is 42.5 Å². The molecule has 1 atom stereocenters. The number of anilines is 2. The molecule has 3 rings (SSSR count). The number of rotatable bonds is 9.